The Morgan fingerprint density at radius 3 is 2.28 bits per heavy atom. The molecule has 6 nitrogen and oxygen atoms in total. The minimum absolute atomic E-state index is 0.138. The van der Waals surface area contributed by atoms with Crippen LogP contribution in [0.3, 0.4) is 0 Å². The minimum atomic E-state index is -5.14. The third-order valence-electron chi connectivity index (χ3n) is 8.38. The molecule has 2 aliphatic rings. The van der Waals surface area contributed by atoms with Crippen molar-refractivity contribution in [1.82, 2.24) is 9.80 Å². The lowest BCUT2D eigenvalue weighted by atomic mass is 9.89. The maximum Gasteiger partial charge on any atom is 0.430 e. The number of nitrogens with zero attached hydrogens (tertiary/aromatic N) is 3. The van der Waals surface area contributed by atoms with Gasteiger partial charge in [0, 0.05) is 52.0 Å². The van der Waals surface area contributed by atoms with E-state index in [0.717, 1.165) is 61.5 Å². The molecular formula is C29H35ClF3N3O3. The summed E-state index contributed by atoms with van der Waals surface area (Å²) in [5.74, 6) is -1.03. The van der Waals surface area contributed by atoms with E-state index in [4.69, 9.17) is 11.6 Å². The standard InChI is InChI=1S/C29H35ClF3N3O3/c1-34(2)25(37)23-12-11-22(18-24(23)30)36-16-13-27(14-17-36)19-21(27)10-7-15-35(3)26(38)28(39,29(31,32)33)20-8-5-4-6-9-20/h4-6,8-9,11-12,18,21,39H,7,10,13-17,19H2,1-3H3/t21?,28-/m1/s1. The van der Waals surface area contributed by atoms with E-state index in [0.29, 0.717) is 22.9 Å². The Labute approximate surface area is 232 Å². The normalized spacial score (nSPS) is 19.9. The van der Waals surface area contributed by atoms with Crippen molar-refractivity contribution in [3.8, 4) is 0 Å². The van der Waals surface area contributed by atoms with Crippen molar-refractivity contribution in [2.24, 2.45) is 11.3 Å². The number of rotatable bonds is 8. The van der Waals surface area contributed by atoms with E-state index in [1.54, 1.807) is 20.2 Å². The summed E-state index contributed by atoms with van der Waals surface area (Å²) >= 11 is 6.39. The predicted molar refractivity (Wildman–Crippen MR) is 145 cm³/mol. The molecule has 1 aliphatic carbocycles. The van der Waals surface area contributed by atoms with Crippen LogP contribution in [-0.2, 0) is 10.4 Å². The lowest BCUT2D eigenvalue weighted by molar-refractivity contribution is -0.261. The van der Waals surface area contributed by atoms with Crippen LogP contribution in [0.4, 0.5) is 18.9 Å². The number of carbonyl (C=O) groups excluding carboxylic acids is 2. The van der Waals surface area contributed by atoms with Gasteiger partial charge in [0.25, 0.3) is 17.4 Å². The summed E-state index contributed by atoms with van der Waals surface area (Å²) in [6.45, 7) is 1.86. The number of benzene rings is 2. The maximum absolute atomic E-state index is 13.8. The average Bonchev–Trinajstić information content (AvgIpc) is 3.58. The molecule has 39 heavy (non-hydrogen) atoms. The molecular weight excluding hydrogens is 531 g/mol. The Morgan fingerprint density at radius 2 is 1.72 bits per heavy atom. The number of aliphatic hydroxyl groups is 1. The number of carbonyl (C=O) groups is 2. The Bertz CT molecular complexity index is 1200. The summed E-state index contributed by atoms with van der Waals surface area (Å²) in [6.07, 6.45) is -0.667. The highest BCUT2D eigenvalue weighted by atomic mass is 35.5. The molecule has 0 aromatic heterocycles. The number of halogens is 4. The van der Waals surface area contributed by atoms with Gasteiger partial charge in [0.2, 0.25) is 0 Å². The zero-order valence-corrected chi connectivity index (χ0v) is 23.2. The van der Waals surface area contributed by atoms with Crippen LogP contribution in [0.1, 0.15) is 48.0 Å². The van der Waals surface area contributed by atoms with E-state index in [1.807, 2.05) is 12.1 Å². The highest BCUT2D eigenvalue weighted by Crippen LogP contribution is 2.61. The summed E-state index contributed by atoms with van der Waals surface area (Å²) in [4.78, 5) is 29.8. The van der Waals surface area contributed by atoms with Gasteiger partial charge in [0.05, 0.1) is 10.6 Å². The zero-order chi connectivity index (χ0) is 28.6. The van der Waals surface area contributed by atoms with Gasteiger partial charge in [0.1, 0.15) is 0 Å². The van der Waals surface area contributed by atoms with Crippen LogP contribution < -0.4 is 4.90 Å². The second-order valence-electron chi connectivity index (χ2n) is 11.1. The van der Waals surface area contributed by atoms with Gasteiger partial charge in [-0.2, -0.15) is 13.2 Å². The molecule has 212 valence electrons. The quantitative estimate of drug-likeness (QED) is 0.469. The number of alkyl halides is 3. The molecule has 4 rings (SSSR count). The first kappa shape index (κ1) is 29.2. The second kappa shape index (κ2) is 11.0. The largest absolute Gasteiger partial charge is 0.430 e. The van der Waals surface area contributed by atoms with E-state index in [1.165, 1.54) is 30.1 Å². The van der Waals surface area contributed by atoms with Crippen LogP contribution in [0.2, 0.25) is 5.02 Å². The molecule has 0 radical (unpaired) electrons. The molecule has 0 bridgehead atoms. The van der Waals surface area contributed by atoms with Crippen LogP contribution >= 0.6 is 11.6 Å². The van der Waals surface area contributed by atoms with E-state index in [9.17, 15) is 27.9 Å². The van der Waals surface area contributed by atoms with Gasteiger partial charge in [-0.25, -0.2) is 0 Å². The number of likely N-dealkylation sites (N-methyl/N-ethyl adjacent to an activating group) is 1. The summed E-state index contributed by atoms with van der Waals surface area (Å²) in [7, 11) is 4.68. The summed E-state index contributed by atoms with van der Waals surface area (Å²) in [5.41, 5.74) is -2.36. The summed E-state index contributed by atoms with van der Waals surface area (Å²) in [5, 5.41) is 11.0. The number of hydrogen-bond donors (Lipinski definition) is 1. The molecule has 1 heterocycles. The fourth-order valence-corrected chi connectivity index (χ4v) is 6.07. The summed E-state index contributed by atoms with van der Waals surface area (Å²) in [6, 6.07) is 12.0. The van der Waals surface area contributed by atoms with E-state index < -0.39 is 23.2 Å². The highest BCUT2D eigenvalue weighted by Gasteiger charge is 2.61. The van der Waals surface area contributed by atoms with Gasteiger partial charge < -0.3 is 19.8 Å². The van der Waals surface area contributed by atoms with Crippen molar-refractivity contribution in [3.05, 3.63) is 64.7 Å². The van der Waals surface area contributed by atoms with Crippen LogP contribution in [0.15, 0.2) is 48.5 Å². The molecule has 1 saturated carbocycles. The summed E-state index contributed by atoms with van der Waals surface area (Å²) < 4.78 is 41.5. The lowest BCUT2D eigenvalue weighted by Crippen LogP contribution is -2.55. The highest BCUT2D eigenvalue weighted by molar-refractivity contribution is 6.34. The van der Waals surface area contributed by atoms with Crippen molar-refractivity contribution in [2.45, 2.75) is 43.9 Å². The van der Waals surface area contributed by atoms with Gasteiger partial charge in [-0.3, -0.25) is 9.59 Å². The Morgan fingerprint density at radius 1 is 1.08 bits per heavy atom. The first-order valence-electron chi connectivity index (χ1n) is 13.2. The Hall–Kier alpha value is -2.78. The van der Waals surface area contributed by atoms with Gasteiger partial charge in [-0.1, -0.05) is 41.9 Å². The molecule has 1 aliphatic heterocycles. The molecule has 2 amide bonds. The molecule has 1 saturated heterocycles. The van der Waals surface area contributed by atoms with Crippen LogP contribution in [0, 0.1) is 11.3 Å². The van der Waals surface area contributed by atoms with Crippen molar-refractivity contribution >= 4 is 29.1 Å². The molecule has 2 atom stereocenters. The van der Waals surface area contributed by atoms with E-state index in [-0.39, 0.29) is 17.9 Å². The van der Waals surface area contributed by atoms with Crippen LogP contribution in [-0.4, -0.2) is 73.7 Å². The van der Waals surface area contributed by atoms with Gasteiger partial charge >= 0.3 is 6.18 Å². The fourth-order valence-electron chi connectivity index (χ4n) is 5.82. The molecule has 1 unspecified atom stereocenters. The number of amides is 2. The van der Waals surface area contributed by atoms with Gasteiger partial charge in [-0.15, -0.1) is 0 Å². The predicted octanol–water partition coefficient (Wildman–Crippen LogP) is 5.34. The Kier molecular flexibility index (Phi) is 8.24. The first-order chi connectivity index (χ1) is 18.3. The molecule has 2 aromatic rings. The monoisotopic (exact) mass is 565 g/mol. The third kappa shape index (κ3) is 5.75. The van der Waals surface area contributed by atoms with Gasteiger partial charge in [-0.05, 0) is 61.6 Å². The molecule has 2 aromatic carbocycles. The molecule has 1 N–H and O–H groups in total. The number of piperidine rings is 1. The fraction of sp³-hybridized carbons (Fsp3) is 0.517. The molecule has 10 heteroatoms. The first-order valence-corrected chi connectivity index (χ1v) is 13.5. The van der Waals surface area contributed by atoms with Crippen molar-refractivity contribution in [2.75, 3.05) is 45.7 Å². The van der Waals surface area contributed by atoms with Crippen molar-refractivity contribution in [3.63, 3.8) is 0 Å². The minimum Gasteiger partial charge on any atom is -0.371 e. The van der Waals surface area contributed by atoms with Crippen molar-refractivity contribution < 1.29 is 27.9 Å². The topological polar surface area (TPSA) is 64.1 Å². The third-order valence-corrected chi connectivity index (χ3v) is 8.69. The average molecular weight is 566 g/mol. The SMILES string of the molecule is CN(C)C(=O)c1ccc(N2CCC3(CC2)CC3CCCN(C)C(=O)[C@](O)(c2ccccc2)C(F)(F)F)cc1Cl. The van der Waals surface area contributed by atoms with E-state index in [2.05, 4.69) is 4.90 Å². The molecule has 2 fully saturated rings. The van der Waals surface area contributed by atoms with Crippen LogP contribution in [0.25, 0.3) is 0 Å². The number of anilines is 1. The zero-order valence-electron chi connectivity index (χ0n) is 22.5. The maximum atomic E-state index is 13.8. The smallest absolute Gasteiger partial charge is 0.371 e. The van der Waals surface area contributed by atoms with Gasteiger partial charge in [0.15, 0.2) is 0 Å². The van der Waals surface area contributed by atoms with Crippen molar-refractivity contribution in [1.29, 1.82) is 0 Å². The molecule has 1 spiro atoms. The number of hydrogen-bond acceptors (Lipinski definition) is 4. The van der Waals surface area contributed by atoms with E-state index >= 15 is 0 Å². The van der Waals surface area contributed by atoms with Crippen LogP contribution in [0.5, 0.6) is 0 Å². The second-order valence-corrected chi connectivity index (χ2v) is 11.5. The lowest BCUT2D eigenvalue weighted by Gasteiger charge is -2.35. The Balaban J connectivity index is 1.28.